The summed E-state index contributed by atoms with van der Waals surface area (Å²) in [4.78, 5) is 9.67. The van der Waals surface area contributed by atoms with Crippen molar-refractivity contribution in [2.45, 2.75) is 32.4 Å². The summed E-state index contributed by atoms with van der Waals surface area (Å²) in [5.41, 5.74) is -1.35. The highest BCUT2D eigenvalue weighted by Crippen LogP contribution is 2.39. The van der Waals surface area contributed by atoms with Crippen LogP contribution < -0.4 is 4.74 Å². The number of alkyl halides is 3. The van der Waals surface area contributed by atoms with Crippen molar-refractivity contribution in [3.05, 3.63) is 63.7 Å². The first-order chi connectivity index (χ1) is 11.0. The van der Waals surface area contributed by atoms with E-state index in [0.29, 0.717) is 11.8 Å². The Hall–Kier alpha value is -2.57. The highest BCUT2D eigenvalue weighted by Gasteiger charge is 2.38. The molecule has 0 heterocycles. The van der Waals surface area contributed by atoms with Gasteiger partial charge >= 0.3 is 6.18 Å². The Bertz CT molecular complexity index is 747. The van der Waals surface area contributed by atoms with E-state index < -0.39 is 22.4 Å². The quantitative estimate of drug-likeness (QED) is 0.532. The summed E-state index contributed by atoms with van der Waals surface area (Å²) in [5.74, 6) is 0.237. The Morgan fingerprint density at radius 1 is 0.958 bits per heavy atom. The molecular weight excluding hydrogens is 323 g/mol. The topological polar surface area (TPSA) is 52.4 Å². The minimum atomic E-state index is -4.84. The van der Waals surface area contributed by atoms with Crippen molar-refractivity contribution in [1.82, 2.24) is 0 Å². The summed E-state index contributed by atoms with van der Waals surface area (Å²) in [7, 11) is 0. The van der Waals surface area contributed by atoms with Gasteiger partial charge in [0.05, 0.1) is 4.92 Å². The molecule has 0 amide bonds. The van der Waals surface area contributed by atoms with Crippen LogP contribution in [0.25, 0.3) is 0 Å². The van der Waals surface area contributed by atoms with Gasteiger partial charge in [-0.25, -0.2) is 0 Å². The third kappa shape index (κ3) is 4.04. The number of halogens is 3. The molecule has 0 aliphatic rings. The molecule has 24 heavy (non-hydrogen) atoms. The summed E-state index contributed by atoms with van der Waals surface area (Å²) < 4.78 is 44.2. The van der Waals surface area contributed by atoms with Gasteiger partial charge in [-0.05, 0) is 35.2 Å². The second kappa shape index (κ2) is 6.14. The smallest absolute Gasteiger partial charge is 0.423 e. The number of benzene rings is 2. The van der Waals surface area contributed by atoms with Crippen LogP contribution in [0.1, 0.15) is 31.9 Å². The number of nitrogens with zero attached hydrogens (tertiary/aromatic N) is 1. The minimum Gasteiger partial charge on any atom is -0.457 e. The van der Waals surface area contributed by atoms with Gasteiger partial charge in [-0.1, -0.05) is 32.9 Å². The number of rotatable bonds is 3. The van der Waals surface area contributed by atoms with E-state index in [1.165, 1.54) is 0 Å². The molecule has 0 aliphatic heterocycles. The van der Waals surface area contributed by atoms with Gasteiger partial charge in [0.15, 0.2) is 0 Å². The van der Waals surface area contributed by atoms with E-state index in [-0.39, 0.29) is 11.2 Å². The molecule has 2 aromatic rings. The molecule has 0 saturated heterocycles. The lowest BCUT2D eigenvalue weighted by molar-refractivity contribution is -0.388. The Labute approximate surface area is 137 Å². The largest absolute Gasteiger partial charge is 0.457 e. The van der Waals surface area contributed by atoms with Crippen molar-refractivity contribution in [3.63, 3.8) is 0 Å². The molecule has 0 aromatic heterocycles. The molecule has 128 valence electrons. The van der Waals surface area contributed by atoms with E-state index in [9.17, 15) is 23.3 Å². The summed E-state index contributed by atoms with van der Waals surface area (Å²) in [6.45, 7) is 6.11. The molecule has 0 radical (unpaired) electrons. The SMILES string of the molecule is CC(C)(C)c1ccc(Oc2ccc([N+](=O)[O-])c(C(F)(F)F)c2)cc1. The summed E-state index contributed by atoms with van der Waals surface area (Å²) in [6.07, 6.45) is -4.84. The first-order valence-corrected chi connectivity index (χ1v) is 7.12. The van der Waals surface area contributed by atoms with Crippen LogP contribution >= 0.6 is 0 Å². The zero-order valence-electron chi connectivity index (χ0n) is 13.3. The monoisotopic (exact) mass is 339 g/mol. The Kier molecular flexibility index (Phi) is 4.55. The fourth-order valence-electron chi connectivity index (χ4n) is 2.12. The third-order valence-electron chi connectivity index (χ3n) is 3.43. The molecule has 0 spiro atoms. The zero-order chi connectivity index (χ0) is 18.1. The molecule has 0 saturated carbocycles. The van der Waals surface area contributed by atoms with Crippen molar-refractivity contribution in [3.8, 4) is 11.5 Å². The van der Waals surface area contributed by atoms with Crippen LogP contribution in [0.2, 0.25) is 0 Å². The number of hydrogen-bond acceptors (Lipinski definition) is 3. The van der Waals surface area contributed by atoms with Gasteiger partial charge in [0.25, 0.3) is 5.69 Å². The van der Waals surface area contributed by atoms with E-state index in [2.05, 4.69) is 0 Å². The predicted octanol–water partition coefficient (Wildman–Crippen LogP) is 5.70. The minimum absolute atomic E-state index is 0.0602. The van der Waals surface area contributed by atoms with Crippen molar-refractivity contribution >= 4 is 5.69 Å². The second-order valence-electron chi connectivity index (χ2n) is 6.31. The number of nitro benzene ring substituents is 1. The average Bonchev–Trinajstić information content (AvgIpc) is 2.45. The first-order valence-electron chi connectivity index (χ1n) is 7.12. The van der Waals surface area contributed by atoms with Crippen molar-refractivity contribution in [1.29, 1.82) is 0 Å². The van der Waals surface area contributed by atoms with E-state index in [1.54, 1.807) is 12.1 Å². The van der Waals surface area contributed by atoms with Crippen LogP contribution in [-0.4, -0.2) is 4.92 Å². The Morgan fingerprint density at radius 3 is 1.96 bits per heavy atom. The fourth-order valence-corrected chi connectivity index (χ4v) is 2.12. The lowest BCUT2D eigenvalue weighted by Crippen LogP contribution is -2.10. The van der Waals surface area contributed by atoms with Crippen LogP contribution in [0.5, 0.6) is 11.5 Å². The molecule has 2 aromatic carbocycles. The molecule has 0 N–H and O–H groups in total. The van der Waals surface area contributed by atoms with Crippen LogP contribution in [0.3, 0.4) is 0 Å². The molecule has 0 bridgehead atoms. The van der Waals surface area contributed by atoms with Crippen molar-refractivity contribution in [2.75, 3.05) is 0 Å². The molecule has 7 heteroatoms. The summed E-state index contributed by atoms with van der Waals surface area (Å²) in [5, 5.41) is 10.7. The Balaban J connectivity index is 2.32. The number of ether oxygens (including phenoxy) is 1. The standard InChI is InChI=1S/C17H16F3NO3/c1-16(2,3)11-4-6-12(7-5-11)24-13-8-9-15(21(22)23)14(10-13)17(18,19)20/h4-10H,1-3H3. The molecule has 2 rings (SSSR count). The van der Waals surface area contributed by atoms with E-state index in [4.69, 9.17) is 4.74 Å². The molecule has 0 atom stereocenters. The number of hydrogen-bond donors (Lipinski definition) is 0. The van der Waals surface area contributed by atoms with Gasteiger partial charge < -0.3 is 4.74 Å². The van der Waals surface area contributed by atoms with Gasteiger partial charge in [0.2, 0.25) is 0 Å². The lowest BCUT2D eigenvalue weighted by Gasteiger charge is -2.19. The van der Waals surface area contributed by atoms with Crippen LogP contribution in [0, 0.1) is 10.1 Å². The summed E-state index contributed by atoms with van der Waals surface area (Å²) >= 11 is 0. The predicted molar refractivity (Wildman–Crippen MR) is 83.3 cm³/mol. The molecule has 0 unspecified atom stereocenters. The third-order valence-corrected chi connectivity index (χ3v) is 3.43. The van der Waals surface area contributed by atoms with E-state index >= 15 is 0 Å². The van der Waals surface area contributed by atoms with Crippen LogP contribution in [-0.2, 0) is 11.6 Å². The average molecular weight is 339 g/mol. The molecule has 0 aliphatic carbocycles. The normalized spacial score (nSPS) is 12.1. The van der Waals surface area contributed by atoms with Gasteiger partial charge in [-0.15, -0.1) is 0 Å². The summed E-state index contributed by atoms with van der Waals surface area (Å²) in [6, 6.07) is 9.52. The highest BCUT2D eigenvalue weighted by atomic mass is 19.4. The maximum atomic E-state index is 13.0. The van der Waals surface area contributed by atoms with E-state index in [0.717, 1.165) is 17.7 Å². The van der Waals surface area contributed by atoms with Crippen LogP contribution in [0.4, 0.5) is 18.9 Å². The number of nitro groups is 1. The molecular formula is C17H16F3NO3. The van der Waals surface area contributed by atoms with Crippen molar-refractivity contribution < 1.29 is 22.8 Å². The second-order valence-corrected chi connectivity index (χ2v) is 6.31. The highest BCUT2D eigenvalue weighted by molar-refractivity contribution is 5.48. The maximum Gasteiger partial charge on any atom is 0.423 e. The van der Waals surface area contributed by atoms with Gasteiger partial charge in [-0.3, -0.25) is 10.1 Å². The van der Waals surface area contributed by atoms with Gasteiger partial charge in [0.1, 0.15) is 17.1 Å². The van der Waals surface area contributed by atoms with E-state index in [1.807, 2.05) is 32.9 Å². The van der Waals surface area contributed by atoms with Gasteiger partial charge in [-0.2, -0.15) is 13.2 Å². The Morgan fingerprint density at radius 2 is 1.50 bits per heavy atom. The van der Waals surface area contributed by atoms with Crippen LogP contribution in [0.15, 0.2) is 42.5 Å². The maximum absolute atomic E-state index is 13.0. The molecule has 0 fully saturated rings. The zero-order valence-corrected chi connectivity index (χ0v) is 13.3. The van der Waals surface area contributed by atoms with Gasteiger partial charge in [0, 0.05) is 6.07 Å². The van der Waals surface area contributed by atoms with Crippen molar-refractivity contribution in [2.24, 2.45) is 0 Å². The lowest BCUT2D eigenvalue weighted by atomic mass is 9.87. The molecule has 4 nitrogen and oxygen atoms in total. The first kappa shape index (κ1) is 17.8. The fraction of sp³-hybridized carbons (Fsp3) is 0.294.